The Morgan fingerprint density at radius 3 is 2.41 bits per heavy atom. The van der Waals surface area contributed by atoms with Crippen LogP contribution in [0.2, 0.25) is 0 Å². The molecule has 0 saturated heterocycles. The molecule has 1 aromatic carbocycles. The molecule has 3 heteroatoms. The maximum absolute atomic E-state index is 11.1. The average Bonchev–Trinajstić information content (AvgIpc) is 2.30. The second-order valence-corrected chi connectivity index (χ2v) is 4.81. The van der Waals surface area contributed by atoms with Gasteiger partial charge in [-0.1, -0.05) is 36.4 Å². The van der Waals surface area contributed by atoms with Gasteiger partial charge < -0.3 is 5.11 Å². The lowest BCUT2D eigenvalue weighted by Crippen LogP contribution is -2.28. The van der Waals surface area contributed by atoms with Crippen molar-refractivity contribution in [2.24, 2.45) is 0 Å². The van der Waals surface area contributed by atoms with Gasteiger partial charge in [0.15, 0.2) is 0 Å². The van der Waals surface area contributed by atoms with Crippen molar-refractivity contribution in [3.05, 3.63) is 41.5 Å². The van der Waals surface area contributed by atoms with Crippen molar-refractivity contribution < 1.29 is 9.90 Å². The van der Waals surface area contributed by atoms with Crippen LogP contribution in [0.3, 0.4) is 0 Å². The summed E-state index contributed by atoms with van der Waals surface area (Å²) >= 11 is 5.57. The Morgan fingerprint density at radius 2 is 1.94 bits per heavy atom. The number of carbonyl (C=O) groups is 1. The highest BCUT2D eigenvalue weighted by Gasteiger charge is 2.28. The molecule has 0 saturated carbocycles. The van der Waals surface area contributed by atoms with Gasteiger partial charge in [0.05, 0.1) is 5.41 Å². The molecule has 0 aliphatic rings. The van der Waals surface area contributed by atoms with E-state index in [4.69, 9.17) is 16.7 Å². The minimum absolute atomic E-state index is 0.612. The van der Waals surface area contributed by atoms with Gasteiger partial charge in [0, 0.05) is 5.88 Å². The normalized spacial score (nSPS) is 11.9. The molecule has 0 atom stereocenters. The third-order valence-corrected chi connectivity index (χ3v) is 2.97. The second kappa shape index (κ2) is 5.87. The molecule has 1 rings (SSSR count). The van der Waals surface area contributed by atoms with Crippen LogP contribution in [0.25, 0.3) is 6.08 Å². The number of benzene rings is 1. The molecule has 0 unspecified atom stereocenters. The molecule has 0 heterocycles. The van der Waals surface area contributed by atoms with E-state index in [9.17, 15) is 4.79 Å². The van der Waals surface area contributed by atoms with Crippen LogP contribution in [0.15, 0.2) is 30.3 Å². The molecule has 2 nitrogen and oxygen atoms in total. The summed E-state index contributed by atoms with van der Waals surface area (Å²) in [5, 5.41) is 9.11. The van der Waals surface area contributed by atoms with Gasteiger partial charge in [-0.25, -0.2) is 0 Å². The summed E-state index contributed by atoms with van der Waals surface area (Å²) in [6, 6.07) is 7.55. The fraction of sp³-hybridized carbons (Fsp3) is 0.357. The highest BCUT2D eigenvalue weighted by Crippen LogP contribution is 2.23. The van der Waals surface area contributed by atoms with Gasteiger partial charge in [0.1, 0.15) is 0 Å². The van der Waals surface area contributed by atoms with Gasteiger partial charge in [-0.05, 0) is 31.4 Å². The minimum atomic E-state index is -0.849. The van der Waals surface area contributed by atoms with Crippen LogP contribution in [0.5, 0.6) is 0 Å². The van der Waals surface area contributed by atoms with Gasteiger partial charge in [0.25, 0.3) is 0 Å². The number of alkyl halides is 1. The van der Waals surface area contributed by atoms with Gasteiger partial charge in [-0.3, -0.25) is 4.79 Å². The fourth-order valence-corrected chi connectivity index (χ4v) is 1.54. The molecule has 1 N–H and O–H groups in total. The fourth-order valence-electron chi connectivity index (χ4n) is 1.42. The number of hydrogen-bond acceptors (Lipinski definition) is 1. The first kappa shape index (κ1) is 13.8. The minimum Gasteiger partial charge on any atom is -0.481 e. The summed E-state index contributed by atoms with van der Waals surface area (Å²) < 4.78 is 0. The Bertz CT molecular complexity index is 405. The molecule has 0 bridgehead atoms. The lowest BCUT2D eigenvalue weighted by atomic mass is 9.84. The Balaban J connectivity index is 2.85. The van der Waals surface area contributed by atoms with E-state index in [1.807, 2.05) is 36.4 Å². The van der Waals surface area contributed by atoms with Crippen LogP contribution in [-0.2, 0) is 10.2 Å². The van der Waals surface area contributed by atoms with E-state index in [0.717, 1.165) is 17.5 Å². The Kier molecular flexibility index (Phi) is 4.76. The smallest absolute Gasteiger partial charge is 0.313 e. The predicted octanol–water partition coefficient (Wildman–Crippen LogP) is 3.69. The van der Waals surface area contributed by atoms with Crippen molar-refractivity contribution in [3.63, 3.8) is 0 Å². The van der Waals surface area contributed by atoms with Crippen LogP contribution >= 0.6 is 11.6 Å². The van der Waals surface area contributed by atoms with Crippen molar-refractivity contribution in [3.8, 4) is 0 Å². The number of hydrogen-bond donors (Lipinski definition) is 1. The highest BCUT2D eigenvalue weighted by molar-refractivity contribution is 6.17. The number of halogens is 1. The largest absolute Gasteiger partial charge is 0.481 e. The zero-order valence-corrected chi connectivity index (χ0v) is 10.9. The van der Waals surface area contributed by atoms with E-state index in [1.165, 1.54) is 0 Å². The summed E-state index contributed by atoms with van der Waals surface area (Å²) in [4.78, 5) is 11.1. The first-order valence-electron chi connectivity index (χ1n) is 5.55. The number of aliphatic carboxylic acids is 1. The van der Waals surface area contributed by atoms with Gasteiger partial charge >= 0.3 is 5.97 Å². The molecule has 92 valence electrons. The number of carboxylic acid groups (broad SMARTS) is 1. The van der Waals surface area contributed by atoms with Gasteiger partial charge in [-0.2, -0.15) is 0 Å². The summed E-state index contributed by atoms with van der Waals surface area (Å²) in [5.74, 6) is -0.205. The van der Waals surface area contributed by atoms with E-state index < -0.39 is 11.4 Å². The van der Waals surface area contributed by atoms with Crippen LogP contribution in [0, 0.1) is 0 Å². The molecule has 0 spiro atoms. The zero-order valence-electron chi connectivity index (χ0n) is 10.1. The van der Waals surface area contributed by atoms with Gasteiger partial charge in [-0.15, -0.1) is 11.6 Å². The lowest BCUT2D eigenvalue weighted by molar-refractivity contribution is -0.142. The van der Waals surface area contributed by atoms with E-state index in [1.54, 1.807) is 13.8 Å². The zero-order chi connectivity index (χ0) is 12.9. The third-order valence-electron chi connectivity index (χ3n) is 2.75. The first-order valence-corrected chi connectivity index (χ1v) is 6.08. The molecule has 1 aromatic rings. The summed E-state index contributed by atoms with van der Waals surface area (Å²) in [5.41, 5.74) is 1.01. The van der Waals surface area contributed by atoms with Crippen molar-refractivity contribution in [1.82, 2.24) is 0 Å². The number of rotatable bonds is 5. The average molecular weight is 253 g/mol. The Morgan fingerprint density at radius 1 is 1.35 bits per heavy atom. The molecule has 0 aromatic heterocycles. The molecule has 0 aliphatic carbocycles. The third kappa shape index (κ3) is 3.60. The van der Waals surface area contributed by atoms with Gasteiger partial charge in [0.2, 0.25) is 0 Å². The van der Waals surface area contributed by atoms with Crippen molar-refractivity contribution in [2.75, 3.05) is 5.88 Å². The van der Waals surface area contributed by atoms with E-state index in [-0.39, 0.29) is 0 Å². The van der Waals surface area contributed by atoms with Crippen LogP contribution < -0.4 is 0 Å². The predicted molar refractivity (Wildman–Crippen MR) is 71.5 cm³/mol. The maximum atomic E-state index is 11.1. The monoisotopic (exact) mass is 252 g/mol. The van der Waals surface area contributed by atoms with Crippen LogP contribution in [0.1, 0.15) is 31.4 Å². The number of allylic oxidation sites excluding steroid dienone is 1. The Hall–Kier alpha value is -1.28. The molecule has 0 fully saturated rings. The SMILES string of the molecule is CC(C)(C(=O)O)c1ccc(C=CCCCl)cc1. The lowest BCUT2D eigenvalue weighted by Gasteiger charge is -2.19. The molecule has 0 aliphatic heterocycles. The second-order valence-electron chi connectivity index (χ2n) is 4.43. The van der Waals surface area contributed by atoms with E-state index >= 15 is 0 Å². The molecule has 0 radical (unpaired) electrons. The summed E-state index contributed by atoms with van der Waals surface area (Å²) in [7, 11) is 0. The molecular weight excluding hydrogens is 236 g/mol. The molecule has 0 amide bonds. The quantitative estimate of drug-likeness (QED) is 0.812. The summed E-state index contributed by atoms with van der Waals surface area (Å²) in [6.07, 6.45) is 4.83. The molecule has 17 heavy (non-hydrogen) atoms. The number of carboxylic acids is 1. The standard InChI is InChI=1S/C14H17ClO2/c1-14(2,13(16)17)12-8-6-11(7-9-12)5-3-4-10-15/h3,5-9H,4,10H2,1-2H3,(H,16,17). The van der Waals surface area contributed by atoms with Crippen LogP contribution in [-0.4, -0.2) is 17.0 Å². The Labute approximate surface area is 107 Å². The maximum Gasteiger partial charge on any atom is 0.313 e. The van der Waals surface area contributed by atoms with Crippen molar-refractivity contribution >= 4 is 23.6 Å². The highest BCUT2D eigenvalue weighted by atomic mass is 35.5. The van der Waals surface area contributed by atoms with Crippen LogP contribution in [0.4, 0.5) is 0 Å². The summed E-state index contributed by atoms with van der Waals surface area (Å²) in [6.45, 7) is 3.40. The van der Waals surface area contributed by atoms with E-state index in [0.29, 0.717) is 5.88 Å². The van der Waals surface area contributed by atoms with Crippen molar-refractivity contribution in [1.29, 1.82) is 0 Å². The van der Waals surface area contributed by atoms with E-state index in [2.05, 4.69) is 0 Å². The topological polar surface area (TPSA) is 37.3 Å². The molecular formula is C14H17ClO2. The first-order chi connectivity index (χ1) is 7.98. The van der Waals surface area contributed by atoms with Crippen molar-refractivity contribution in [2.45, 2.75) is 25.7 Å².